The van der Waals surface area contributed by atoms with Crippen LogP contribution in [0.4, 0.5) is 0 Å². The van der Waals surface area contributed by atoms with Crippen LogP contribution >= 0.6 is 11.3 Å². The van der Waals surface area contributed by atoms with Gasteiger partial charge in [-0.2, -0.15) is 0 Å². The SMILES string of the molecule is CC1CCCC=C1c1cnc(-c2ccc(CC(NC(=O)c3ccc(C(C)(C)C)s3)C(=O)N3CC(C(=O)O)C3)cc2)nc1. The molecule has 1 saturated heterocycles. The number of likely N-dealkylation sites (tertiary alicyclic amines) is 1. The summed E-state index contributed by atoms with van der Waals surface area (Å²) in [5, 5.41) is 12.2. The van der Waals surface area contributed by atoms with Gasteiger partial charge in [0.1, 0.15) is 6.04 Å². The highest BCUT2D eigenvalue weighted by molar-refractivity contribution is 7.14. The Morgan fingerprint density at radius 2 is 1.74 bits per heavy atom. The molecule has 42 heavy (non-hydrogen) atoms. The van der Waals surface area contributed by atoms with Gasteiger partial charge in [0.25, 0.3) is 5.91 Å². The van der Waals surface area contributed by atoms with E-state index in [1.807, 2.05) is 42.7 Å². The fourth-order valence-electron chi connectivity index (χ4n) is 5.42. The van der Waals surface area contributed by atoms with E-state index in [1.54, 1.807) is 6.07 Å². The maximum absolute atomic E-state index is 13.4. The monoisotopic (exact) mass is 586 g/mol. The number of amides is 2. The first-order valence-corrected chi connectivity index (χ1v) is 15.4. The van der Waals surface area contributed by atoms with Crippen LogP contribution < -0.4 is 5.32 Å². The molecule has 5 rings (SSSR count). The highest BCUT2D eigenvalue weighted by atomic mass is 32.1. The van der Waals surface area contributed by atoms with Crippen molar-refractivity contribution in [2.75, 3.05) is 13.1 Å². The molecule has 1 fully saturated rings. The second-order valence-corrected chi connectivity index (χ2v) is 13.5. The summed E-state index contributed by atoms with van der Waals surface area (Å²) in [6.45, 7) is 8.81. The molecular formula is C33H38N4O4S. The number of aliphatic carboxylic acids is 1. The van der Waals surface area contributed by atoms with E-state index in [2.05, 4.69) is 49.1 Å². The number of nitrogens with one attached hydrogen (secondary N) is 1. The third-order valence-corrected chi connectivity index (χ3v) is 9.60. The number of carbonyl (C=O) groups is 3. The summed E-state index contributed by atoms with van der Waals surface area (Å²) in [6, 6.07) is 10.6. The van der Waals surface area contributed by atoms with Gasteiger partial charge in [0.05, 0.1) is 10.8 Å². The van der Waals surface area contributed by atoms with Crippen molar-refractivity contribution < 1.29 is 19.5 Å². The normalized spacial score (nSPS) is 18.1. The average Bonchev–Trinajstić information content (AvgIpc) is 3.44. The molecule has 1 aliphatic heterocycles. The van der Waals surface area contributed by atoms with Crippen molar-refractivity contribution in [2.24, 2.45) is 11.8 Å². The number of carboxylic acids is 1. The van der Waals surface area contributed by atoms with E-state index in [0.29, 0.717) is 16.6 Å². The molecule has 2 aliphatic rings. The van der Waals surface area contributed by atoms with E-state index < -0.39 is 17.9 Å². The summed E-state index contributed by atoms with van der Waals surface area (Å²) in [6.07, 6.45) is 9.85. The molecule has 2 aromatic heterocycles. The largest absolute Gasteiger partial charge is 0.481 e. The Hall–Kier alpha value is -3.85. The molecule has 1 aromatic carbocycles. The number of carbonyl (C=O) groups excluding carboxylic acids is 2. The minimum Gasteiger partial charge on any atom is -0.481 e. The zero-order valence-electron chi connectivity index (χ0n) is 24.6. The summed E-state index contributed by atoms with van der Waals surface area (Å²) in [7, 11) is 0. The lowest BCUT2D eigenvalue weighted by Gasteiger charge is -2.38. The molecule has 1 aliphatic carbocycles. The molecule has 8 nitrogen and oxygen atoms in total. The first-order chi connectivity index (χ1) is 20.0. The van der Waals surface area contributed by atoms with E-state index in [4.69, 9.17) is 0 Å². The highest BCUT2D eigenvalue weighted by Gasteiger charge is 2.39. The first kappa shape index (κ1) is 29.6. The number of benzene rings is 1. The number of rotatable bonds is 8. The van der Waals surface area contributed by atoms with E-state index in [0.717, 1.165) is 28.0 Å². The van der Waals surface area contributed by atoms with Gasteiger partial charge in [-0.1, -0.05) is 58.0 Å². The predicted molar refractivity (Wildman–Crippen MR) is 164 cm³/mol. The van der Waals surface area contributed by atoms with Crippen LogP contribution in [0.2, 0.25) is 0 Å². The molecule has 2 N–H and O–H groups in total. The van der Waals surface area contributed by atoms with Crippen LogP contribution in [0.3, 0.4) is 0 Å². The lowest BCUT2D eigenvalue weighted by molar-refractivity contribution is -0.153. The summed E-state index contributed by atoms with van der Waals surface area (Å²) >= 11 is 1.42. The van der Waals surface area contributed by atoms with Crippen LogP contribution in [0.25, 0.3) is 17.0 Å². The second-order valence-electron chi connectivity index (χ2n) is 12.4. The van der Waals surface area contributed by atoms with E-state index in [1.165, 1.54) is 34.7 Å². The third-order valence-electron chi connectivity index (χ3n) is 8.09. The Morgan fingerprint density at radius 1 is 1.05 bits per heavy atom. The Labute approximate surface area is 250 Å². The maximum atomic E-state index is 13.4. The summed E-state index contributed by atoms with van der Waals surface area (Å²) in [5.41, 5.74) is 4.03. The molecule has 220 valence electrons. The maximum Gasteiger partial charge on any atom is 0.310 e. The van der Waals surface area contributed by atoms with Crippen molar-refractivity contribution in [3.8, 4) is 11.4 Å². The number of allylic oxidation sites excluding steroid dienone is 2. The van der Waals surface area contributed by atoms with Crippen molar-refractivity contribution in [1.29, 1.82) is 0 Å². The second kappa shape index (κ2) is 12.2. The Morgan fingerprint density at radius 3 is 2.33 bits per heavy atom. The summed E-state index contributed by atoms with van der Waals surface area (Å²) in [4.78, 5) is 50.3. The number of hydrogen-bond acceptors (Lipinski definition) is 6. The first-order valence-electron chi connectivity index (χ1n) is 14.5. The van der Waals surface area contributed by atoms with Crippen LogP contribution in [0.15, 0.2) is 54.9 Å². The quantitative estimate of drug-likeness (QED) is 0.356. The van der Waals surface area contributed by atoms with E-state index in [-0.39, 0.29) is 36.7 Å². The van der Waals surface area contributed by atoms with Crippen LogP contribution in [0.5, 0.6) is 0 Å². The average molecular weight is 587 g/mol. The number of nitrogens with zero attached hydrogens (tertiary/aromatic N) is 3. The standard InChI is InChI=1S/C33H38N4O4S/c1-20-7-5-6-8-25(20)23-16-34-29(35-17-23)22-11-9-21(10-12-22)15-26(31(39)37-18-24(19-37)32(40)41)36-30(38)27-13-14-28(42-27)33(2,3)4/h8-14,16-17,20,24,26H,5-7,15,18-19H2,1-4H3,(H,36,38)(H,40,41). The fourth-order valence-corrected chi connectivity index (χ4v) is 6.39. The predicted octanol–water partition coefficient (Wildman–Crippen LogP) is 5.59. The fraction of sp³-hybridized carbons (Fsp3) is 0.424. The van der Waals surface area contributed by atoms with E-state index in [9.17, 15) is 19.5 Å². The summed E-state index contributed by atoms with van der Waals surface area (Å²) < 4.78 is 0. The van der Waals surface area contributed by atoms with Crippen molar-refractivity contribution in [3.63, 3.8) is 0 Å². The van der Waals surface area contributed by atoms with Gasteiger partial charge in [-0.3, -0.25) is 14.4 Å². The van der Waals surface area contributed by atoms with Gasteiger partial charge < -0.3 is 15.3 Å². The number of carboxylic acid groups (broad SMARTS) is 1. The molecule has 2 unspecified atom stereocenters. The zero-order chi connectivity index (χ0) is 30.0. The molecule has 3 aromatic rings. The van der Waals surface area contributed by atoms with Gasteiger partial charge in [-0.25, -0.2) is 9.97 Å². The molecule has 2 amide bonds. The lowest BCUT2D eigenvalue weighted by atomic mass is 9.86. The van der Waals surface area contributed by atoms with Gasteiger partial charge in [-0.15, -0.1) is 11.3 Å². The zero-order valence-corrected chi connectivity index (χ0v) is 25.4. The van der Waals surface area contributed by atoms with Crippen molar-refractivity contribution >= 4 is 34.7 Å². The van der Waals surface area contributed by atoms with Crippen LogP contribution in [0, 0.1) is 11.8 Å². The molecule has 3 heterocycles. The van der Waals surface area contributed by atoms with Gasteiger partial charge in [0, 0.05) is 47.9 Å². The minimum atomic E-state index is -0.913. The van der Waals surface area contributed by atoms with Gasteiger partial charge >= 0.3 is 5.97 Å². The molecule has 0 saturated carbocycles. The molecular weight excluding hydrogens is 548 g/mol. The van der Waals surface area contributed by atoms with Crippen molar-refractivity contribution in [2.45, 2.75) is 64.8 Å². The van der Waals surface area contributed by atoms with Crippen molar-refractivity contribution in [3.05, 3.63) is 75.7 Å². The third kappa shape index (κ3) is 6.62. The molecule has 0 radical (unpaired) electrons. The number of aromatic nitrogens is 2. The van der Waals surface area contributed by atoms with Crippen LogP contribution in [0.1, 0.15) is 72.6 Å². The smallest absolute Gasteiger partial charge is 0.310 e. The Bertz CT molecular complexity index is 1480. The van der Waals surface area contributed by atoms with Gasteiger partial charge in [0.2, 0.25) is 5.91 Å². The number of thiophene rings is 1. The van der Waals surface area contributed by atoms with Crippen LogP contribution in [-0.2, 0) is 21.4 Å². The highest BCUT2D eigenvalue weighted by Crippen LogP contribution is 2.32. The topological polar surface area (TPSA) is 112 Å². The lowest BCUT2D eigenvalue weighted by Crippen LogP contribution is -2.59. The molecule has 9 heteroatoms. The molecule has 0 bridgehead atoms. The van der Waals surface area contributed by atoms with Crippen LogP contribution in [-0.4, -0.2) is 56.9 Å². The molecule has 2 atom stereocenters. The van der Waals surface area contributed by atoms with Crippen molar-refractivity contribution in [1.82, 2.24) is 20.2 Å². The van der Waals surface area contributed by atoms with Gasteiger partial charge in [-0.05, 0) is 53.9 Å². The Kier molecular flexibility index (Phi) is 8.59. The summed E-state index contributed by atoms with van der Waals surface area (Å²) in [5.74, 6) is -0.929. The minimum absolute atomic E-state index is 0.0841. The Balaban J connectivity index is 1.30. The number of hydrogen-bond donors (Lipinski definition) is 2. The van der Waals surface area contributed by atoms with E-state index >= 15 is 0 Å². The van der Waals surface area contributed by atoms with Gasteiger partial charge in [0.15, 0.2) is 5.82 Å². The molecule has 0 spiro atoms.